The molecule has 0 spiro atoms. The third-order valence-electron chi connectivity index (χ3n) is 4.47. The van der Waals surface area contributed by atoms with E-state index in [0.29, 0.717) is 5.39 Å². The van der Waals surface area contributed by atoms with Gasteiger partial charge in [0.05, 0.1) is 20.8 Å². The second-order valence-electron chi connectivity index (χ2n) is 6.16. The van der Waals surface area contributed by atoms with Crippen molar-refractivity contribution in [3.05, 3.63) is 76.8 Å². The van der Waals surface area contributed by atoms with Gasteiger partial charge >= 0.3 is 0 Å². The quantitative estimate of drug-likeness (QED) is 0.512. The van der Waals surface area contributed by atoms with E-state index < -0.39 is 0 Å². The van der Waals surface area contributed by atoms with Crippen molar-refractivity contribution in [1.82, 2.24) is 19.6 Å². The van der Waals surface area contributed by atoms with E-state index in [-0.39, 0.29) is 5.56 Å². The molecule has 0 fully saturated rings. The molecule has 0 bridgehead atoms. The summed E-state index contributed by atoms with van der Waals surface area (Å²) >= 11 is 1.62. The Labute approximate surface area is 152 Å². The van der Waals surface area contributed by atoms with E-state index in [9.17, 15) is 4.79 Å². The molecule has 5 rings (SSSR count). The first kappa shape index (κ1) is 15.0. The number of nitrogens with zero attached hydrogens (tertiary/aromatic N) is 3. The number of aromatic nitrogens is 4. The lowest BCUT2D eigenvalue weighted by Crippen LogP contribution is -2.08. The third kappa shape index (κ3) is 2.27. The van der Waals surface area contributed by atoms with Crippen LogP contribution in [0.15, 0.2) is 65.7 Å². The molecule has 4 heterocycles. The number of thiophene rings is 1. The predicted octanol–water partition coefficient (Wildman–Crippen LogP) is 4.27. The van der Waals surface area contributed by atoms with Gasteiger partial charge in [0, 0.05) is 17.8 Å². The second-order valence-corrected chi connectivity index (χ2v) is 7.24. The van der Waals surface area contributed by atoms with Crippen molar-refractivity contribution < 1.29 is 0 Å². The molecule has 0 aliphatic carbocycles. The second kappa shape index (κ2) is 5.64. The van der Waals surface area contributed by atoms with Gasteiger partial charge < -0.3 is 4.40 Å². The van der Waals surface area contributed by atoms with Crippen LogP contribution >= 0.6 is 11.3 Å². The van der Waals surface area contributed by atoms with Crippen LogP contribution in [-0.4, -0.2) is 19.6 Å². The van der Waals surface area contributed by atoms with E-state index >= 15 is 0 Å². The molecular weight excluding hydrogens is 344 g/mol. The van der Waals surface area contributed by atoms with E-state index in [1.165, 1.54) is 0 Å². The topological polar surface area (TPSA) is 63.1 Å². The SMILES string of the molecule is Cc1cccn2cc(-c3ccc(-c4n[nH]c(=O)c5ccccc45)s3)nc12. The lowest BCUT2D eigenvalue weighted by atomic mass is 10.1. The molecular formula is C20H14N4OS. The molecule has 0 unspecified atom stereocenters. The Hall–Kier alpha value is -3.25. The average Bonchev–Trinajstić information content (AvgIpc) is 3.30. The van der Waals surface area contributed by atoms with Crippen molar-refractivity contribution >= 4 is 27.8 Å². The largest absolute Gasteiger partial charge is 0.306 e. The van der Waals surface area contributed by atoms with Crippen molar-refractivity contribution in [2.24, 2.45) is 0 Å². The van der Waals surface area contributed by atoms with Gasteiger partial charge in [0.2, 0.25) is 0 Å². The Morgan fingerprint density at radius 2 is 1.81 bits per heavy atom. The number of benzene rings is 1. The minimum Gasteiger partial charge on any atom is -0.306 e. The Morgan fingerprint density at radius 1 is 1.00 bits per heavy atom. The van der Waals surface area contributed by atoms with E-state index in [1.54, 1.807) is 11.3 Å². The molecule has 5 aromatic rings. The molecule has 1 N–H and O–H groups in total. The van der Waals surface area contributed by atoms with Crippen LogP contribution in [0, 0.1) is 6.92 Å². The zero-order chi connectivity index (χ0) is 17.7. The van der Waals surface area contributed by atoms with Crippen LogP contribution in [0.1, 0.15) is 5.56 Å². The Balaban J connectivity index is 1.66. The Bertz CT molecular complexity index is 1330. The summed E-state index contributed by atoms with van der Waals surface area (Å²) in [5.74, 6) is 0. The average molecular weight is 358 g/mol. The molecule has 1 aromatic carbocycles. The number of fused-ring (bicyclic) bond motifs is 2. The molecule has 0 aliphatic rings. The van der Waals surface area contributed by atoms with Gasteiger partial charge in [-0.25, -0.2) is 10.1 Å². The zero-order valence-electron chi connectivity index (χ0n) is 13.9. The molecule has 0 radical (unpaired) electrons. The fourth-order valence-electron chi connectivity index (χ4n) is 3.18. The first-order chi connectivity index (χ1) is 12.7. The fraction of sp³-hybridized carbons (Fsp3) is 0.0500. The number of aryl methyl sites for hydroxylation is 1. The van der Waals surface area contributed by atoms with Crippen LogP contribution in [0.3, 0.4) is 0 Å². The highest BCUT2D eigenvalue weighted by molar-refractivity contribution is 7.18. The number of rotatable bonds is 2. The Morgan fingerprint density at radius 3 is 2.65 bits per heavy atom. The maximum absolute atomic E-state index is 12.0. The first-order valence-corrected chi connectivity index (χ1v) is 9.05. The number of pyridine rings is 1. The number of hydrogen-bond donors (Lipinski definition) is 1. The maximum atomic E-state index is 12.0. The minimum absolute atomic E-state index is 0.169. The van der Waals surface area contributed by atoms with Gasteiger partial charge in [-0.05, 0) is 36.8 Å². The van der Waals surface area contributed by atoms with Crippen molar-refractivity contribution in [2.75, 3.05) is 0 Å². The number of aromatic amines is 1. The van der Waals surface area contributed by atoms with E-state index in [0.717, 1.165) is 37.7 Å². The van der Waals surface area contributed by atoms with Gasteiger partial charge in [-0.1, -0.05) is 24.3 Å². The van der Waals surface area contributed by atoms with Crippen molar-refractivity contribution in [3.63, 3.8) is 0 Å². The number of H-pyrrole nitrogens is 1. The smallest absolute Gasteiger partial charge is 0.272 e. The first-order valence-electron chi connectivity index (χ1n) is 8.23. The summed E-state index contributed by atoms with van der Waals surface area (Å²) < 4.78 is 2.04. The van der Waals surface area contributed by atoms with Gasteiger partial charge in [0.15, 0.2) is 0 Å². The maximum Gasteiger partial charge on any atom is 0.272 e. The van der Waals surface area contributed by atoms with Crippen LogP contribution in [-0.2, 0) is 0 Å². The van der Waals surface area contributed by atoms with Gasteiger partial charge in [0.1, 0.15) is 11.3 Å². The van der Waals surface area contributed by atoms with Crippen LogP contribution in [0.4, 0.5) is 0 Å². The molecule has 26 heavy (non-hydrogen) atoms. The Kier molecular flexibility index (Phi) is 3.26. The van der Waals surface area contributed by atoms with Crippen LogP contribution in [0.2, 0.25) is 0 Å². The molecule has 5 nitrogen and oxygen atoms in total. The monoisotopic (exact) mass is 358 g/mol. The lowest BCUT2D eigenvalue weighted by Gasteiger charge is -2.01. The number of nitrogens with one attached hydrogen (secondary N) is 1. The summed E-state index contributed by atoms with van der Waals surface area (Å²) in [5, 5.41) is 8.39. The fourth-order valence-corrected chi connectivity index (χ4v) is 4.14. The summed E-state index contributed by atoms with van der Waals surface area (Å²) in [6.45, 7) is 2.06. The van der Waals surface area contributed by atoms with E-state index in [2.05, 4.69) is 29.3 Å². The summed E-state index contributed by atoms with van der Waals surface area (Å²) in [4.78, 5) is 18.8. The van der Waals surface area contributed by atoms with Crippen LogP contribution in [0.25, 0.3) is 37.6 Å². The summed E-state index contributed by atoms with van der Waals surface area (Å²) in [5.41, 5.74) is 3.66. The molecule has 0 amide bonds. The third-order valence-corrected chi connectivity index (χ3v) is 5.58. The summed E-state index contributed by atoms with van der Waals surface area (Å²) in [6, 6.07) is 15.7. The van der Waals surface area contributed by atoms with Gasteiger partial charge in [-0.15, -0.1) is 11.3 Å². The molecule has 0 saturated carbocycles. The number of hydrogen-bond acceptors (Lipinski definition) is 4. The summed E-state index contributed by atoms with van der Waals surface area (Å²) in [7, 11) is 0. The highest BCUT2D eigenvalue weighted by atomic mass is 32.1. The van der Waals surface area contributed by atoms with Crippen LogP contribution < -0.4 is 5.56 Å². The summed E-state index contributed by atoms with van der Waals surface area (Å²) in [6.07, 6.45) is 4.04. The van der Waals surface area contributed by atoms with Crippen molar-refractivity contribution in [1.29, 1.82) is 0 Å². The van der Waals surface area contributed by atoms with Crippen LogP contribution in [0.5, 0.6) is 0 Å². The molecule has 0 saturated heterocycles. The van der Waals surface area contributed by atoms with Crippen molar-refractivity contribution in [2.45, 2.75) is 6.92 Å². The highest BCUT2D eigenvalue weighted by Crippen LogP contribution is 2.35. The van der Waals surface area contributed by atoms with Gasteiger partial charge in [-0.2, -0.15) is 5.10 Å². The molecule has 0 atom stereocenters. The normalized spacial score (nSPS) is 11.4. The zero-order valence-corrected chi connectivity index (χ0v) is 14.7. The molecule has 4 aromatic heterocycles. The van der Waals surface area contributed by atoms with E-state index in [1.807, 2.05) is 53.2 Å². The minimum atomic E-state index is -0.169. The van der Waals surface area contributed by atoms with Gasteiger partial charge in [-0.3, -0.25) is 4.79 Å². The van der Waals surface area contributed by atoms with E-state index in [4.69, 9.17) is 4.98 Å². The highest BCUT2D eigenvalue weighted by Gasteiger charge is 2.13. The molecule has 6 heteroatoms. The molecule has 126 valence electrons. The number of imidazole rings is 1. The predicted molar refractivity (Wildman–Crippen MR) is 105 cm³/mol. The molecule has 0 aliphatic heterocycles. The van der Waals surface area contributed by atoms with Crippen molar-refractivity contribution in [3.8, 4) is 21.1 Å². The lowest BCUT2D eigenvalue weighted by molar-refractivity contribution is 1.02. The van der Waals surface area contributed by atoms with Gasteiger partial charge in [0.25, 0.3) is 5.56 Å². The standard InChI is InChI=1S/C20H14N4OS/c1-12-5-4-10-24-11-15(21-19(12)24)16-8-9-17(26-16)18-13-6-2-3-7-14(13)20(25)23-22-18/h2-11H,1H3,(H,23,25).